The van der Waals surface area contributed by atoms with Gasteiger partial charge in [0.05, 0.1) is 83.4 Å². The van der Waals surface area contributed by atoms with Gasteiger partial charge in [-0.15, -0.1) is 11.3 Å². The van der Waals surface area contributed by atoms with E-state index >= 15 is 0 Å². The Morgan fingerprint density at radius 2 is 1.42 bits per heavy atom. The molecule has 3 saturated heterocycles. The molecule has 0 radical (unpaired) electrons. The molecule has 2 aromatic carbocycles. The third-order valence-electron chi connectivity index (χ3n) is 15.9. The zero-order valence-electron chi connectivity index (χ0n) is 43.1. The number of aryl methyl sites for hydroxylation is 1. The van der Waals surface area contributed by atoms with Crippen molar-refractivity contribution in [3.63, 3.8) is 0 Å². The highest BCUT2D eigenvalue weighted by Gasteiger charge is 2.43. The van der Waals surface area contributed by atoms with Crippen LogP contribution in [0.15, 0.2) is 55.0 Å². The molecule has 0 bridgehead atoms. The fraction of sp³-hybridized carbons (Fsp3) is 0.509. The Balaban J connectivity index is 0.897. The van der Waals surface area contributed by atoms with Crippen molar-refractivity contribution in [2.45, 2.75) is 141 Å². The number of methoxy groups -OCH3 is 2. The van der Waals surface area contributed by atoms with Gasteiger partial charge < -0.3 is 49.3 Å². The number of likely N-dealkylation sites (tertiary alicyclic amines) is 2. The fourth-order valence-corrected chi connectivity index (χ4v) is 13.2. The SMILES string of the molecule is COC(=O)N[C@H](C(=O)N1CCC[C@H]1c1ncc(-c2cc(C)c3c(c2)OC(c2cnc(C4CCC4)s2)n2c-3cc3cc(-c4cnc([C@@H]5CCCN5C(=O)[C@H](NC(=O)OC)C5C[C@@H](C)O[C@@H](C)C5)[nH]4)ccc32)[nH]1)C(C)C. The molecule has 19 heteroatoms. The zero-order chi connectivity index (χ0) is 51.5. The molecule has 6 aromatic rings. The minimum absolute atomic E-state index is 0.0339. The lowest BCUT2D eigenvalue weighted by Gasteiger charge is -2.38. The van der Waals surface area contributed by atoms with E-state index in [1.807, 2.05) is 56.1 Å². The summed E-state index contributed by atoms with van der Waals surface area (Å²) < 4.78 is 25.3. The molecular formula is C55H66N10O8S. The highest BCUT2D eigenvalue weighted by molar-refractivity contribution is 7.11. The largest absolute Gasteiger partial charge is 0.464 e. The number of hydrogen-bond acceptors (Lipinski definition) is 12. The number of thiazole rings is 1. The van der Waals surface area contributed by atoms with Crippen molar-refractivity contribution >= 4 is 46.2 Å². The van der Waals surface area contributed by atoms with Gasteiger partial charge in [0.25, 0.3) is 0 Å². The van der Waals surface area contributed by atoms with E-state index in [0.717, 1.165) is 104 Å². The Morgan fingerprint density at radius 3 is 2.05 bits per heavy atom. The highest BCUT2D eigenvalue weighted by Crippen LogP contribution is 2.50. The summed E-state index contributed by atoms with van der Waals surface area (Å²) >= 11 is 1.73. The molecule has 4 N–H and O–H groups in total. The minimum Gasteiger partial charge on any atom is -0.464 e. The van der Waals surface area contributed by atoms with Gasteiger partial charge in [-0.3, -0.25) is 14.2 Å². The van der Waals surface area contributed by atoms with Crippen LogP contribution in [0.3, 0.4) is 0 Å². The maximum Gasteiger partial charge on any atom is 0.407 e. The molecule has 5 aliphatic rings. The molecule has 11 rings (SSSR count). The molecular weight excluding hydrogens is 961 g/mol. The van der Waals surface area contributed by atoms with Crippen molar-refractivity contribution in [1.82, 2.24) is 49.9 Å². The summed E-state index contributed by atoms with van der Waals surface area (Å²) in [6.07, 6.45) is 11.8. The van der Waals surface area contributed by atoms with E-state index in [2.05, 4.69) is 68.5 Å². The van der Waals surface area contributed by atoms with E-state index < -0.39 is 30.5 Å². The van der Waals surface area contributed by atoms with Crippen molar-refractivity contribution in [2.24, 2.45) is 11.8 Å². The lowest BCUT2D eigenvalue weighted by molar-refractivity contribution is -0.138. The first-order chi connectivity index (χ1) is 35.8. The first-order valence-electron chi connectivity index (χ1n) is 26.2. The number of hydrogen-bond donors (Lipinski definition) is 4. The maximum absolute atomic E-state index is 14.5. The molecule has 2 unspecified atom stereocenters. The number of alkyl carbamates (subject to hydrolysis) is 2. The van der Waals surface area contributed by atoms with E-state index in [1.54, 1.807) is 11.3 Å². The molecule has 8 heterocycles. The van der Waals surface area contributed by atoms with E-state index in [0.29, 0.717) is 43.5 Å². The second-order valence-electron chi connectivity index (χ2n) is 21.2. The molecule has 4 amide bonds. The molecule has 4 aliphatic heterocycles. The molecule has 8 atom stereocenters. The number of ether oxygens (including phenoxy) is 4. The number of aromatic amines is 2. The van der Waals surface area contributed by atoms with Crippen LogP contribution in [0.25, 0.3) is 44.7 Å². The summed E-state index contributed by atoms with van der Waals surface area (Å²) in [7, 11) is 2.61. The minimum atomic E-state index is -0.745. The first-order valence-corrected chi connectivity index (χ1v) is 27.1. The Labute approximate surface area is 434 Å². The fourth-order valence-electron chi connectivity index (χ4n) is 12.1. The lowest BCUT2D eigenvalue weighted by atomic mass is 9.85. The van der Waals surface area contributed by atoms with Gasteiger partial charge in [-0.1, -0.05) is 26.3 Å². The predicted octanol–water partition coefficient (Wildman–Crippen LogP) is 9.70. The molecule has 390 valence electrons. The summed E-state index contributed by atoms with van der Waals surface area (Å²) in [6, 6.07) is 10.9. The number of carbonyl (C=O) groups is 4. The maximum atomic E-state index is 14.5. The Morgan fingerprint density at radius 1 is 0.770 bits per heavy atom. The van der Waals surface area contributed by atoms with Crippen LogP contribution >= 0.6 is 11.3 Å². The van der Waals surface area contributed by atoms with E-state index in [-0.39, 0.29) is 47.9 Å². The summed E-state index contributed by atoms with van der Waals surface area (Å²) in [4.78, 5) is 79.8. The van der Waals surface area contributed by atoms with Crippen molar-refractivity contribution < 1.29 is 38.1 Å². The van der Waals surface area contributed by atoms with Crippen LogP contribution in [0.1, 0.15) is 137 Å². The van der Waals surface area contributed by atoms with Gasteiger partial charge in [0, 0.05) is 47.3 Å². The van der Waals surface area contributed by atoms with E-state index in [9.17, 15) is 19.2 Å². The Hall–Kier alpha value is -6.73. The van der Waals surface area contributed by atoms with Crippen LogP contribution in [0.2, 0.25) is 0 Å². The summed E-state index contributed by atoms with van der Waals surface area (Å²) in [5.74, 6) is 2.11. The second kappa shape index (κ2) is 20.2. The van der Waals surface area contributed by atoms with Crippen LogP contribution in [-0.4, -0.2) is 115 Å². The van der Waals surface area contributed by atoms with Gasteiger partial charge in [-0.05, 0) is 120 Å². The number of nitrogens with one attached hydrogen (secondary N) is 4. The van der Waals surface area contributed by atoms with Gasteiger partial charge in [0.2, 0.25) is 18.0 Å². The molecule has 4 aromatic heterocycles. The van der Waals surface area contributed by atoms with Crippen molar-refractivity contribution in [3.05, 3.63) is 82.1 Å². The number of H-pyrrole nitrogens is 2. The number of carbonyl (C=O) groups excluding carboxylic acids is 4. The molecule has 18 nitrogen and oxygen atoms in total. The molecule has 4 fully saturated rings. The van der Waals surface area contributed by atoms with Gasteiger partial charge in [0.1, 0.15) is 29.5 Å². The number of fused-ring (bicyclic) bond motifs is 5. The second-order valence-corrected chi connectivity index (χ2v) is 22.3. The summed E-state index contributed by atoms with van der Waals surface area (Å²) in [5.41, 5.74) is 7.59. The van der Waals surface area contributed by atoms with Gasteiger partial charge in [-0.2, -0.15) is 0 Å². The molecule has 0 spiro atoms. The monoisotopic (exact) mass is 1030 g/mol. The van der Waals surface area contributed by atoms with Crippen LogP contribution in [0.5, 0.6) is 5.75 Å². The quantitative estimate of drug-likeness (QED) is 0.0906. The Kier molecular flexibility index (Phi) is 13.5. The number of rotatable bonds is 12. The molecule has 74 heavy (non-hydrogen) atoms. The molecule has 1 saturated carbocycles. The average Bonchev–Trinajstić information content (AvgIpc) is 4.23. The highest BCUT2D eigenvalue weighted by atomic mass is 32.1. The number of imidazole rings is 2. The Bertz CT molecular complexity index is 3090. The average molecular weight is 1030 g/mol. The van der Waals surface area contributed by atoms with Crippen LogP contribution < -0.4 is 15.4 Å². The zero-order valence-corrected chi connectivity index (χ0v) is 43.9. The van der Waals surface area contributed by atoms with Crippen molar-refractivity contribution in [3.8, 4) is 39.5 Å². The van der Waals surface area contributed by atoms with E-state index in [1.165, 1.54) is 20.6 Å². The van der Waals surface area contributed by atoms with Crippen LogP contribution in [0.4, 0.5) is 9.59 Å². The van der Waals surface area contributed by atoms with Crippen molar-refractivity contribution in [1.29, 1.82) is 0 Å². The van der Waals surface area contributed by atoms with Crippen LogP contribution in [-0.2, 0) is 23.8 Å². The standard InChI is InChI=1S/C55H66N10O8S/c1-28(2)46(61-54(68)70-6)51(66)63-17-9-13-40(63)49-57-26-38(60-49)34-19-29(3)45-42-23-35-22-33(15-16-39(35)65(42)53(73-43(45)24-34)44-27-58-50(74-44)32-11-8-12-32)37-25-56-48(59-37)41-14-10-18-64(41)52(67)47(62-55(69)71-7)36-20-30(4)72-31(5)21-36/h15-16,19,22-28,30-32,36,40-41,46-47,53H,8-14,17-18,20-21H2,1-7H3,(H,56,59)(H,57,60)(H,61,68)(H,62,69)/t30-,31+,36?,40-,41-,46-,47+,53?/m0/s1. The van der Waals surface area contributed by atoms with Gasteiger partial charge in [-0.25, -0.2) is 24.5 Å². The topological polar surface area (TPSA) is 211 Å². The van der Waals surface area contributed by atoms with Crippen molar-refractivity contribution in [2.75, 3.05) is 27.3 Å². The normalized spacial score (nSPS) is 23.5. The lowest BCUT2D eigenvalue weighted by Crippen LogP contribution is -2.54. The first kappa shape index (κ1) is 49.5. The van der Waals surface area contributed by atoms with Crippen LogP contribution in [0, 0.1) is 18.8 Å². The van der Waals surface area contributed by atoms with Gasteiger partial charge >= 0.3 is 12.2 Å². The number of aromatic nitrogens is 6. The summed E-state index contributed by atoms with van der Waals surface area (Å²) in [5, 5.41) is 7.81. The predicted molar refractivity (Wildman–Crippen MR) is 278 cm³/mol. The molecule has 1 aliphatic carbocycles. The number of benzene rings is 2. The van der Waals surface area contributed by atoms with Gasteiger partial charge in [0.15, 0.2) is 0 Å². The third kappa shape index (κ3) is 9.19. The number of nitrogens with zero attached hydrogens (tertiary/aromatic N) is 6. The number of amides is 4. The van der Waals surface area contributed by atoms with E-state index in [4.69, 9.17) is 33.9 Å². The smallest absolute Gasteiger partial charge is 0.407 e. The summed E-state index contributed by atoms with van der Waals surface area (Å²) in [6.45, 7) is 11.1. The third-order valence-corrected chi connectivity index (χ3v) is 17.1.